The van der Waals surface area contributed by atoms with E-state index in [2.05, 4.69) is 10.0 Å². The van der Waals surface area contributed by atoms with Crippen molar-refractivity contribution in [2.24, 2.45) is 0 Å². The minimum absolute atomic E-state index is 0.122. The highest BCUT2D eigenvalue weighted by Gasteiger charge is 2.16. The first-order valence-electron chi connectivity index (χ1n) is 9.48. The Morgan fingerprint density at radius 2 is 1.67 bits per heavy atom. The van der Waals surface area contributed by atoms with Crippen LogP contribution >= 0.6 is 0 Å². The van der Waals surface area contributed by atoms with Gasteiger partial charge in [0.05, 0.1) is 4.90 Å². The first-order valence-corrected chi connectivity index (χ1v) is 11.0. The molecule has 3 rings (SSSR count). The van der Waals surface area contributed by atoms with E-state index in [9.17, 15) is 13.2 Å². The van der Waals surface area contributed by atoms with E-state index in [4.69, 9.17) is 4.74 Å². The molecule has 0 saturated heterocycles. The number of amides is 1. The number of sulfonamides is 1. The normalized spacial score (nSPS) is 11.1. The highest BCUT2D eigenvalue weighted by atomic mass is 32.2. The molecule has 0 aliphatic heterocycles. The Balaban J connectivity index is 1.67. The average Bonchev–Trinajstić information content (AvgIpc) is 2.75. The summed E-state index contributed by atoms with van der Waals surface area (Å²) in [6, 6.07) is 22.3. The van der Waals surface area contributed by atoms with Gasteiger partial charge in [0.25, 0.3) is 5.91 Å². The molecule has 2 N–H and O–H groups in total. The Morgan fingerprint density at radius 1 is 0.967 bits per heavy atom. The highest BCUT2D eigenvalue weighted by Crippen LogP contribution is 2.22. The Morgan fingerprint density at radius 3 is 2.40 bits per heavy atom. The fourth-order valence-corrected chi connectivity index (χ4v) is 4.02. The summed E-state index contributed by atoms with van der Waals surface area (Å²) in [5, 5.41) is 2.69. The van der Waals surface area contributed by atoms with Crippen LogP contribution in [0.2, 0.25) is 0 Å². The maximum Gasteiger partial charge on any atom is 0.262 e. The zero-order chi connectivity index (χ0) is 21.6. The number of carbonyl (C=O) groups excluding carboxylic acids is 1. The maximum absolute atomic E-state index is 12.4. The Kier molecular flexibility index (Phi) is 6.87. The van der Waals surface area contributed by atoms with Gasteiger partial charge in [0, 0.05) is 12.1 Å². The van der Waals surface area contributed by atoms with Crippen molar-refractivity contribution >= 4 is 21.6 Å². The Labute approximate surface area is 177 Å². The van der Waals surface area contributed by atoms with E-state index < -0.39 is 10.0 Å². The smallest absolute Gasteiger partial charge is 0.262 e. The third kappa shape index (κ3) is 5.46. The standard InChI is InChI=1S/C23H24N2O4S/c1-17-12-13-20(15-22(17)30(27,28)24-2)25-23(26)16-29-21-11-7-6-10-19(21)14-18-8-4-3-5-9-18/h3-13,15,24H,14,16H2,1-2H3,(H,25,26). The minimum atomic E-state index is -3.61. The third-order valence-corrected chi connectivity index (χ3v) is 6.16. The van der Waals surface area contributed by atoms with E-state index >= 15 is 0 Å². The molecule has 6 nitrogen and oxygen atoms in total. The van der Waals surface area contributed by atoms with Crippen LogP contribution in [0, 0.1) is 6.92 Å². The molecule has 0 atom stereocenters. The molecule has 0 bridgehead atoms. The number of hydrogen-bond acceptors (Lipinski definition) is 4. The molecule has 0 saturated carbocycles. The Hall–Kier alpha value is -3.16. The van der Waals surface area contributed by atoms with E-state index in [1.54, 1.807) is 19.1 Å². The molecule has 156 valence electrons. The number of aryl methyl sites for hydroxylation is 1. The molecule has 1 amide bonds. The van der Waals surface area contributed by atoms with Crippen LogP contribution in [0.15, 0.2) is 77.7 Å². The first kappa shape index (κ1) is 21.5. The lowest BCUT2D eigenvalue weighted by Gasteiger charge is -2.13. The number of para-hydroxylation sites is 1. The summed E-state index contributed by atoms with van der Waals surface area (Å²) in [5.41, 5.74) is 3.11. The molecule has 0 radical (unpaired) electrons. The fraction of sp³-hybridized carbons (Fsp3) is 0.174. The molecule has 0 unspecified atom stereocenters. The van der Waals surface area contributed by atoms with E-state index in [1.165, 1.54) is 13.1 Å². The lowest BCUT2D eigenvalue weighted by molar-refractivity contribution is -0.118. The lowest BCUT2D eigenvalue weighted by Crippen LogP contribution is -2.22. The van der Waals surface area contributed by atoms with Gasteiger partial charge in [-0.1, -0.05) is 54.6 Å². The van der Waals surface area contributed by atoms with E-state index in [0.29, 0.717) is 23.4 Å². The number of ether oxygens (including phenoxy) is 1. The molecule has 0 spiro atoms. The van der Waals surface area contributed by atoms with Crippen LogP contribution in [0.4, 0.5) is 5.69 Å². The second-order valence-corrected chi connectivity index (χ2v) is 8.65. The van der Waals surface area contributed by atoms with Crippen LogP contribution in [-0.4, -0.2) is 28.0 Å². The van der Waals surface area contributed by atoms with Gasteiger partial charge in [-0.3, -0.25) is 4.79 Å². The number of nitrogens with one attached hydrogen (secondary N) is 2. The number of carbonyl (C=O) groups is 1. The lowest BCUT2D eigenvalue weighted by atomic mass is 10.0. The summed E-state index contributed by atoms with van der Waals surface area (Å²) in [4.78, 5) is 12.5. The molecule has 0 aliphatic carbocycles. The zero-order valence-corrected chi connectivity index (χ0v) is 17.7. The van der Waals surface area contributed by atoms with Crippen molar-refractivity contribution in [3.63, 3.8) is 0 Å². The largest absolute Gasteiger partial charge is 0.483 e. The first-order chi connectivity index (χ1) is 14.4. The van der Waals surface area contributed by atoms with Crippen molar-refractivity contribution in [3.8, 4) is 5.75 Å². The summed E-state index contributed by atoms with van der Waals surface area (Å²) >= 11 is 0. The monoisotopic (exact) mass is 424 g/mol. The molecule has 3 aromatic carbocycles. The second kappa shape index (κ2) is 9.56. The summed E-state index contributed by atoms with van der Waals surface area (Å²) in [6.07, 6.45) is 0.696. The van der Waals surface area contributed by atoms with Crippen molar-refractivity contribution < 1.29 is 17.9 Å². The van der Waals surface area contributed by atoms with Crippen LogP contribution in [0.3, 0.4) is 0 Å². The number of rotatable bonds is 8. The van der Waals surface area contributed by atoms with Crippen molar-refractivity contribution in [3.05, 3.63) is 89.5 Å². The second-order valence-electron chi connectivity index (χ2n) is 6.79. The van der Waals surface area contributed by atoms with Crippen LogP contribution in [-0.2, 0) is 21.2 Å². The van der Waals surface area contributed by atoms with Crippen LogP contribution in [0.5, 0.6) is 5.75 Å². The van der Waals surface area contributed by atoms with Gasteiger partial charge < -0.3 is 10.1 Å². The average molecular weight is 425 g/mol. The van der Waals surface area contributed by atoms with E-state index in [-0.39, 0.29) is 17.4 Å². The van der Waals surface area contributed by atoms with Gasteiger partial charge in [-0.2, -0.15) is 0 Å². The summed E-state index contributed by atoms with van der Waals surface area (Å²) in [5.74, 6) is 0.264. The van der Waals surface area contributed by atoms with Crippen molar-refractivity contribution in [2.75, 3.05) is 19.0 Å². The summed E-state index contributed by atoms with van der Waals surface area (Å²) in [7, 11) is -2.26. The van der Waals surface area contributed by atoms with Gasteiger partial charge in [0.1, 0.15) is 5.75 Å². The predicted molar refractivity (Wildman–Crippen MR) is 117 cm³/mol. The molecule has 3 aromatic rings. The van der Waals surface area contributed by atoms with Gasteiger partial charge in [-0.05, 0) is 48.9 Å². The van der Waals surface area contributed by atoms with Gasteiger partial charge >= 0.3 is 0 Å². The minimum Gasteiger partial charge on any atom is -0.483 e. The van der Waals surface area contributed by atoms with Crippen molar-refractivity contribution in [2.45, 2.75) is 18.2 Å². The van der Waals surface area contributed by atoms with Crippen LogP contribution in [0.25, 0.3) is 0 Å². The molecule has 0 aromatic heterocycles. The van der Waals surface area contributed by atoms with Gasteiger partial charge in [0.15, 0.2) is 6.61 Å². The molecular weight excluding hydrogens is 400 g/mol. The maximum atomic E-state index is 12.4. The topological polar surface area (TPSA) is 84.5 Å². The van der Waals surface area contributed by atoms with E-state index in [0.717, 1.165) is 11.1 Å². The zero-order valence-electron chi connectivity index (χ0n) is 16.9. The van der Waals surface area contributed by atoms with Crippen LogP contribution < -0.4 is 14.8 Å². The molecule has 30 heavy (non-hydrogen) atoms. The number of anilines is 1. The van der Waals surface area contributed by atoms with E-state index in [1.807, 2.05) is 54.6 Å². The molecule has 0 aliphatic rings. The fourth-order valence-electron chi connectivity index (χ4n) is 3.02. The number of hydrogen-bond donors (Lipinski definition) is 2. The SMILES string of the molecule is CNS(=O)(=O)c1cc(NC(=O)COc2ccccc2Cc2ccccc2)ccc1C. The predicted octanol–water partition coefficient (Wildman–Crippen LogP) is 3.51. The third-order valence-electron chi connectivity index (χ3n) is 4.60. The summed E-state index contributed by atoms with van der Waals surface area (Å²) in [6.45, 7) is 1.51. The summed E-state index contributed by atoms with van der Waals surface area (Å²) < 4.78 is 32.2. The molecule has 0 fully saturated rings. The quantitative estimate of drug-likeness (QED) is 0.580. The molecule has 0 heterocycles. The van der Waals surface area contributed by atoms with Crippen molar-refractivity contribution in [1.82, 2.24) is 4.72 Å². The molecule has 7 heteroatoms. The van der Waals surface area contributed by atoms with Gasteiger partial charge in [0.2, 0.25) is 10.0 Å². The molecular formula is C23H24N2O4S. The van der Waals surface area contributed by atoms with Gasteiger partial charge in [-0.25, -0.2) is 13.1 Å². The number of benzene rings is 3. The van der Waals surface area contributed by atoms with Gasteiger partial charge in [-0.15, -0.1) is 0 Å². The van der Waals surface area contributed by atoms with Crippen LogP contribution in [0.1, 0.15) is 16.7 Å². The Bertz CT molecular complexity index is 1130. The van der Waals surface area contributed by atoms with Crippen molar-refractivity contribution in [1.29, 1.82) is 0 Å². The highest BCUT2D eigenvalue weighted by molar-refractivity contribution is 7.89.